The minimum atomic E-state index is -0.921. The molecule has 2 unspecified atom stereocenters. The predicted octanol–water partition coefficient (Wildman–Crippen LogP) is 6.33. The summed E-state index contributed by atoms with van der Waals surface area (Å²) in [4.78, 5) is 18.2. The molecule has 238 valence electrons. The van der Waals surface area contributed by atoms with Gasteiger partial charge in [-0.25, -0.2) is 13.2 Å². The number of halogens is 3. The van der Waals surface area contributed by atoms with Crippen LogP contribution in [-0.2, 0) is 6.42 Å². The quantitative estimate of drug-likeness (QED) is 0.265. The second-order valence-corrected chi connectivity index (χ2v) is 13.5. The van der Waals surface area contributed by atoms with Crippen LogP contribution in [0.25, 0.3) is 32.9 Å². The molecule has 46 heavy (non-hydrogen) atoms. The first-order chi connectivity index (χ1) is 22.3. The fourth-order valence-corrected chi connectivity index (χ4v) is 8.80. The van der Waals surface area contributed by atoms with Crippen molar-refractivity contribution in [2.75, 3.05) is 37.7 Å². The van der Waals surface area contributed by atoms with Crippen LogP contribution >= 0.6 is 0 Å². The lowest BCUT2D eigenvalue weighted by atomic mass is 9.86. The Bertz CT molecular complexity index is 1900. The van der Waals surface area contributed by atoms with Crippen molar-refractivity contribution in [1.29, 1.82) is 5.26 Å². The molecule has 4 aromatic rings. The summed E-state index contributed by atoms with van der Waals surface area (Å²) in [5.74, 6) is -0.404. The van der Waals surface area contributed by atoms with Crippen molar-refractivity contribution in [3.63, 3.8) is 0 Å². The number of aromatic nitrogens is 3. The lowest BCUT2D eigenvalue weighted by Gasteiger charge is -2.36. The molecule has 11 heteroatoms. The summed E-state index contributed by atoms with van der Waals surface area (Å²) in [6, 6.07) is 8.33. The number of piperidine rings is 1. The summed E-state index contributed by atoms with van der Waals surface area (Å²) in [6.45, 7) is 4.40. The molecule has 0 radical (unpaired) electrons. The van der Waals surface area contributed by atoms with Gasteiger partial charge in [-0.3, -0.25) is 9.88 Å². The fourth-order valence-electron chi connectivity index (χ4n) is 8.80. The molecular formula is C35H35F3N6O2. The zero-order valence-corrected chi connectivity index (χ0v) is 25.6. The number of fused-ring (bicyclic) bond motifs is 5. The van der Waals surface area contributed by atoms with Gasteiger partial charge >= 0.3 is 6.01 Å². The molecule has 2 bridgehead atoms. The van der Waals surface area contributed by atoms with Crippen molar-refractivity contribution < 1.29 is 23.0 Å². The molecular weight excluding hydrogens is 593 g/mol. The average molecular weight is 629 g/mol. The second kappa shape index (κ2) is 11.0. The number of phenolic OH excluding ortho intramolecular Hbond substituents is 1. The molecule has 4 aliphatic rings. The highest BCUT2D eigenvalue weighted by atomic mass is 19.1. The molecule has 3 aliphatic heterocycles. The number of aromatic hydroxyl groups is 1. The molecule has 8 rings (SSSR count). The average Bonchev–Trinajstić information content (AvgIpc) is 3.65. The zero-order chi connectivity index (χ0) is 31.7. The van der Waals surface area contributed by atoms with Crippen LogP contribution in [0.4, 0.5) is 19.0 Å². The van der Waals surface area contributed by atoms with Crippen LogP contribution in [0.2, 0.25) is 0 Å². The Kier molecular flexibility index (Phi) is 6.98. The number of phenols is 1. The number of alkyl halides is 1. The normalized spacial score (nSPS) is 27.4. The molecule has 5 heterocycles. The standard InChI is InChI=1S/C35H35F3N6O2/c1-2-24-28(37)7-6-19-10-23(45)11-25(29(19)24)31-30(38)32-27(14-40-31)33(43-15-20-4-5-21(16-43)26(20)13-39)42-34(41-32)46-18-35-8-3-9-44(35)17-22(36)12-35/h6-7,10-11,14,20-22,26,45H,2-5,8-9,12,15-18H2,1H3/t20?,21?,22-,26?,35+/m1/s1. The van der Waals surface area contributed by atoms with Gasteiger partial charge in [-0.1, -0.05) is 13.0 Å². The molecule has 1 N–H and O–H groups in total. The molecule has 1 aliphatic carbocycles. The summed E-state index contributed by atoms with van der Waals surface area (Å²) in [5, 5.41) is 21.8. The third kappa shape index (κ3) is 4.55. The maximum atomic E-state index is 16.9. The Morgan fingerprint density at radius 1 is 1.13 bits per heavy atom. The summed E-state index contributed by atoms with van der Waals surface area (Å²) in [5.41, 5.74) is 0.165. The smallest absolute Gasteiger partial charge is 0.319 e. The summed E-state index contributed by atoms with van der Waals surface area (Å²) in [7, 11) is 0. The highest BCUT2D eigenvalue weighted by molar-refractivity contribution is 6.01. The van der Waals surface area contributed by atoms with E-state index in [1.807, 2.05) is 6.92 Å². The van der Waals surface area contributed by atoms with E-state index < -0.39 is 23.3 Å². The first-order valence-corrected chi connectivity index (χ1v) is 16.3. The third-order valence-corrected chi connectivity index (χ3v) is 10.9. The Balaban J connectivity index is 1.27. The number of pyridine rings is 1. The van der Waals surface area contributed by atoms with Crippen LogP contribution in [0.15, 0.2) is 30.5 Å². The van der Waals surface area contributed by atoms with Gasteiger partial charge in [0.2, 0.25) is 0 Å². The molecule has 0 spiro atoms. The first kappa shape index (κ1) is 29.2. The number of hydrogen-bond donors (Lipinski definition) is 1. The number of nitrogens with zero attached hydrogens (tertiary/aromatic N) is 6. The third-order valence-electron chi connectivity index (χ3n) is 10.9. The first-order valence-electron chi connectivity index (χ1n) is 16.3. The lowest BCUT2D eigenvalue weighted by Crippen LogP contribution is -2.44. The van der Waals surface area contributed by atoms with Crippen LogP contribution in [0.1, 0.15) is 44.6 Å². The van der Waals surface area contributed by atoms with Crippen LogP contribution in [0, 0.1) is 40.7 Å². The van der Waals surface area contributed by atoms with Gasteiger partial charge in [0, 0.05) is 37.8 Å². The Labute approximate surface area is 264 Å². The summed E-state index contributed by atoms with van der Waals surface area (Å²) >= 11 is 0. The van der Waals surface area contributed by atoms with Crippen LogP contribution in [0.3, 0.4) is 0 Å². The van der Waals surface area contributed by atoms with Gasteiger partial charge in [0.05, 0.1) is 22.9 Å². The monoisotopic (exact) mass is 628 g/mol. The van der Waals surface area contributed by atoms with Gasteiger partial charge in [-0.15, -0.1) is 0 Å². The Morgan fingerprint density at radius 2 is 1.93 bits per heavy atom. The van der Waals surface area contributed by atoms with Gasteiger partial charge in [0.1, 0.15) is 41.4 Å². The van der Waals surface area contributed by atoms with Crippen LogP contribution < -0.4 is 9.64 Å². The number of hydrogen-bond acceptors (Lipinski definition) is 8. The fraction of sp³-hybridized carbons (Fsp3) is 0.486. The largest absolute Gasteiger partial charge is 0.508 e. The van der Waals surface area contributed by atoms with Gasteiger partial charge in [0.25, 0.3) is 0 Å². The molecule has 3 saturated heterocycles. The highest BCUT2D eigenvalue weighted by Gasteiger charge is 2.49. The van der Waals surface area contributed by atoms with Crippen molar-refractivity contribution in [1.82, 2.24) is 19.9 Å². The van der Waals surface area contributed by atoms with E-state index in [1.165, 1.54) is 24.4 Å². The van der Waals surface area contributed by atoms with Gasteiger partial charge in [0.15, 0.2) is 5.82 Å². The number of rotatable bonds is 6. The Morgan fingerprint density at radius 3 is 2.70 bits per heavy atom. The van der Waals surface area contributed by atoms with E-state index in [0.29, 0.717) is 60.0 Å². The molecule has 8 nitrogen and oxygen atoms in total. The van der Waals surface area contributed by atoms with E-state index in [1.54, 1.807) is 6.07 Å². The molecule has 4 fully saturated rings. The SMILES string of the molecule is CCc1c(F)ccc2cc(O)cc(-c3ncc4c(N5CC6CCC(C5)C6C#N)nc(OC[C@@]56CCCN5C[C@H](F)C6)nc4c3F)c12. The molecule has 4 atom stereocenters. The van der Waals surface area contributed by atoms with Crippen LogP contribution in [0.5, 0.6) is 11.8 Å². The number of benzene rings is 2. The van der Waals surface area contributed by atoms with E-state index >= 15 is 4.39 Å². The van der Waals surface area contributed by atoms with E-state index in [0.717, 1.165) is 32.2 Å². The van der Waals surface area contributed by atoms with E-state index in [9.17, 15) is 19.1 Å². The number of ether oxygens (including phenoxy) is 1. The van der Waals surface area contributed by atoms with Crippen LogP contribution in [-0.4, -0.2) is 69.5 Å². The summed E-state index contributed by atoms with van der Waals surface area (Å²) < 4.78 is 52.6. The van der Waals surface area contributed by atoms with E-state index in [4.69, 9.17) is 9.72 Å². The number of aryl methyl sites for hydroxylation is 1. The molecule has 2 aromatic heterocycles. The second-order valence-electron chi connectivity index (χ2n) is 13.5. The van der Waals surface area contributed by atoms with Crippen molar-refractivity contribution in [2.45, 2.75) is 57.2 Å². The molecule has 1 saturated carbocycles. The highest BCUT2D eigenvalue weighted by Crippen LogP contribution is 2.45. The zero-order valence-electron chi connectivity index (χ0n) is 25.6. The minimum absolute atomic E-state index is 0.00117. The summed E-state index contributed by atoms with van der Waals surface area (Å²) in [6.07, 6.45) is 5.02. The molecule has 2 aromatic carbocycles. The van der Waals surface area contributed by atoms with Crippen molar-refractivity contribution in [2.24, 2.45) is 17.8 Å². The number of nitriles is 1. The predicted molar refractivity (Wildman–Crippen MR) is 167 cm³/mol. The maximum absolute atomic E-state index is 16.9. The van der Waals surface area contributed by atoms with Gasteiger partial charge in [-0.05, 0) is 85.0 Å². The lowest BCUT2D eigenvalue weighted by molar-refractivity contribution is 0.107. The van der Waals surface area contributed by atoms with Crippen molar-refractivity contribution in [3.05, 3.63) is 47.7 Å². The van der Waals surface area contributed by atoms with E-state index in [2.05, 4.69) is 25.8 Å². The number of anilines is 1. The van der Waals surface area contributed by atoms with E-state index in [-0.39, 0.29) is 52.9 Å². The topological polar surface area (TPSA) is 98.4 Å². The van der Waals surface area contributed by atoms with Gasteiger partial charge in [-0.2, -0.15) is 15.2 Å². The Hall–Kier alpha value is -4.17. The molecule has 0 amide bonds. The van der Waals surface area contributed by atoms with Crippen molar-refractivity contribution in [3.8, 4) is 29.1 Å². The maximum Gasteiger partial charge on any atom is 0.319 e. The minimum Gasteiger partial charge on any atom is -0.508 e. The van der Waals surface area contributed by atoms with Crippen molar-refractivity contribution >= 4 is 27.5 Å². The van der Waals surface area contributed by atoms with Gasteiger partial charge < -0.3 is 14.7 Å².